The van der Waals surface area contributed by atoms with Crippen molar-refractivity contribution < 1.29 is 4.79 Å². The van der Waals surface area contributed by atoms with E-state index in [1.807, 2.05) is 25.1 Å². The van der Waals surface area contributed by atoms with Gasteiger partial charge in [0.05, 0.1) is 0 Å². The maximum absolute atomic E-state index is 11.7. The highest BCUT2D eigenvalue weighted by Gasteiger charge is 2.06. The molecule has 0 unspecified atom stereocenters. The number of anilines is 1. The molecule has 0 fully saturated rings. The van der Waals surface area contributed by atoms with Crippen LogP contribution < -0.4 is 5.32 Å². The second-order valence-electron chi connectivity index (χ2n) is 3.50. The summed E-state index contributed by atoms with van der Waals surface area (Å²) in [5, 5.41) is 2.82. The van der Waals surface area contributed by atoms with Gasteiger partial charge in [-0.3, -0.25) is 4.79 Å². The molecule has 1 heterocycles. The molecule has 1 aromatic heterocycles. The predicted molar refractivity (Wildman–Crippen MR) is 67.6 cm³/mol. The van der Waals surface area contributed by atoms with Crippen molar-refractivity contribution in [1.82, 2.24) is 4.98 Å². The number of rotatable bonds is 2. The van der Waals surface area contributed by atoms with Gasteiger partial charge in [0.25, 0.3) is 5.91 Å². The van der Waals surface area contributed by atoms with Gasteiger partial charge in [-0.2, -0.15) is 0 Å². The van der Waals surface area contributed by atoms with Crippen molar-refractivity contribution in [2.75, 3.05) is 5.32 Å². The summed E-state index contributed by atoms with van der Waals surface area (Å²) in [6.45, 7) is 1.98. The molecule has 0 aliphatic carbocycles. The lowest BCUT2D eigenvalue weighted by Crippen LogP contribution is -2.12. The molecule has 3 nitrogen and oxygen atoms in total. The fraction of sp³-hybridized carbons (Fsp3) is 0.0833. The molecule has 4 heteroatoms. The Hall–Kier alpha value is -1.55. The SMILES string of the molecule is Cc1cc(NC(=O)c2ccc[nH]2)ccc1Br. The molecule has 1 aromatic carbocycles. The first-order valence-electron chi connectivity index (χ1n) is 4.88. The molecule has 0 aliphatic heterocycles. The Morgan fingerprint density at radius 2 is 2.19 bits per heavy atom. The molecule has 2 N–H and O–H groups in total. The van der Waals surface area contributed by atoms with Crippen LogP contribution in [0.3, 0.4) is 0 Å². The number of halogens is 1. The molecule has 82 valence electrons. The second kappa shape index (κ2) is 4.53. The number of carbonyl (C=O) groups excluding carboxylic acids is 1. The van der Waals surface area contributed by atoms with Gasteiger partial charge in [0.1, 0.15) is 5.69 Å². The largest absolute Gasteiger partial charge is 0.357 e. The van der Waals surface area contributed by atoms with Crippen molar-refractivity contribution in [3.05, 3.63) is 52.3 Å². The lowest BCUT2D eigenvalue weighted by atomic mass is 10.2. The van der Waals surface area contributed by atoms with Crippen LogP contribution in [0.1, 0.15) is 16.1 Å². The maximum Gasteiger partial charge on any atom is 0.272 e. The van der Waals surface area contributed by atoms with E-state index in [9.17, 15) is 4.79 Å². The van der Waals surface area contributed by atoms with E-state index in [4.69, 9.17) is 0 Å². The number of H-pyrrole nitrogens is 1. The van der Waals surface area contributed by atoms with E-state index < -0.39 is 0 Å². The Balaban J connectivity index is 2.15. The Morgan fingerprint density at radius 3 is 2.81 bits per heavy atom. The first-order valence-corrected chi connectivity index (χ1v) is 5.67. The van der Waals surface area contributed by atoms with Crippen LogP contribution in [0, 0.1) is 6.92 Å². The Kier molecular flexibility index (Phi) is 3.10. The fourth-order valence-corrected chi connectivity index (χ4v) is 1.64. The number of aromatic nitrogens is 1. The number of carbonyl (C=O) groups is 1. The van der Waals surface area contributed by atoms with Crippen LogP contribution >= 0.6 is 15.9 Å². The summed E-state index contributed by atoms with van der Waals surface area (Å²) >= 11 is 3.42. The molecular weight excluding hydrogens is 268 g/mol. The number of hydrogen-bond donors (Lipinski definition) is 2. The molecule has 2 rings (SSSR count). The van der Waals surface area contributed by atoms with Gasteiger partial charge >= 0.3 is 0 Å². The van der Waals surface area contributed by atoms with Crippen LogP contribution in [0.15, 0.2) is 41.0 Å². The third-order valence-electron chi connectivity index (χ3n) is 2.26. The van der Waals surface area contributed by atoms with Gasteiger partial charge in [0, 0.05) is 16.4 Å². The van der Waals surface area contributed by atoms with Crippen molar-refractivity contribution in [1.29, 1.82) is 0 Å². The van der Waals surface area contributed by atoms with Crippen molar-refractivity contribution in [2.45, 2.75) is 6.92 Å². The first-order chi connectivity index (χ1) is 7.66. The zero-order valence-electron chi connectivity index (χ0n) is 8.75. The average Bonchev–Trinajstić information content (AvgIpc) is 2.77. The molecule has 0 spiro atoms. The standard InChI is InChI=1S/C12H11BrN2O/c1-8-7-9(4-5-10(8)13)15-12(16)11-3-2-6-14-11/h2-7,14H,1H3,(H,15,16). The molecule has 0 bridgehead atoms. The minimum atomic E-state index is -0.133. The lowest BCUT2D eigenvalue weighted by Gasteiger charge is -2.05. The highest BCUT2D eigenvalue weighted by atomic mass is 79.9. The number of aryl methyl sites for hydroxylation is 1. The number of hydrogen-bond acceptors (Lipinski definition) is 1. The van der Waals surface area contributed by atoms with Gasteiger partial charge in [-0.05, 0) is 42.8 Å². The summed E-state index contributed by atoms with van der Waals surface area (Å²) in [6, 6.07) is 9.23. The topological polar surface area (TPSA) is 44.9 Å². The first kappa shape index (κ1) is 11.0. The Morgan fingerprint density at radius 1 is 1.38 bits per heavy atom. The van der Waals surface area contributed by atoms with E-state index in [2.05, 4.69) is 26.2 Å². The average molecular weight is 279 g/mol. The highest BCUT2D eigenvalue weighted by Crippen LogP contribution is 2.20. The quantitative estimate of drug-likeness (QED) is 0.870. The normalized spacial score (nSPS) is 10.1. The Bertz CT molecular complexity index is 506. The predicted octanol–water partition coefficient (Wildman–Crippen LogP) is 3.34. The maximum atomic E-state index is 11.7. The van der Waals surface area contributed by atoms with E-state index in [0.717, 1.165) is 15.7 Å². The third kappa shape index (κ3) is 2.33. The summed E-state index contributed by atoms with van der Waals surface area (Å²) in [7, 11) is 0. The molecule has 1 amide bonds. The van der Waals surface area contributed by atoms with Crippen LogP contribution in [0.2, 0.25) is 0 Å². The van der Waals surface area contributed by atoms with Crippen LogP contribution in [0.4, 0.5) is 5.69 Å². The van der Waals surface area contributed by atoms with Crippen molar-refractivity contribution in [3.63, 3.8) is 0 Å². The van der Waals surface area contributed by atoms with Gasteiger partial charge in [-0.1, -0.05) is 15.9 Å². The number of nitrogens with one attached hydrogen (secondary N) is 2. The van der Waals surface area contributed by atoms with Crippen molar-refractivity contribution in [3.8, 4) is 0 Å². The molecule has 0 atom stereocenters. The van der Waals surface area contributed by atoms with E-state index in [1.165, 1.54) is 0 Å². The molecule has 0 radical (unpaired) electrons. The van der Waals surface area contributed by atoms with E-state index >= 15 is 0 Å². The van der Waals surface area contributed by atoms with Crippen LogP contribution in [0.25, 0.3) is 0 Å². The zero-order chi connectivity index (χ0) is 11.5. The van der Waals surface area contributed by atoms with E-state index in [1.54, 1.807) is 18.3 Å². The second-order valence-corrected chi connectivity index (χ2v) is 4.36. The fourth-order valence-electron chi connectivity index (χ4n) is 1.39. The lowest BCUT2D eigenvalue weighted by molar-refractivity contribution is 0.102. The number of amides is 1. The summed E-state index contributed by atoms with van der Waals surface area (Å²) in [5.74, 6) is -0.133. The minimum absolute atomic E-state index is 0.133. The summed E-state index contributed by atoms with van der Waals surface area (Å²) in [5.41, 5.74) is 2.44. The zero-order valence-corrected chi connectivity index (χ0v) is 10.3. The molecule has 0 saturated heterocycles. The molecule has 0 saturated carbocycles. The van der Waals surface area contributed by atoms with Crippen molar-refractivity contribution >= 4 is 27.5 Å². The van der Waals surface area contributed by atoms with E-state index in [-0.39, 0.29) is 5.91 Å². The van der Waals surface area contributed by atoms with Gasteiger partial charge < -0.3 is 10.3 Å². The monoisotopic (exact) mass is 278 g/mol. The third-order valence-corrected chi connectivity index (χ3v) is 3.15. The van der Waals surface area contributed by atoms with E-state index in [0.29, 0.717) is 5.69 Å². The number of aromatic amines is 1. The van der Waals surface area contributed by atoms with Gasteiger partial charge in [0.15, 0.2) is 0 Å². The van der Waals surface area contributed by atoms with Gasteiger partial charge in [-0.25, -0.2) is 0 Å². The Labute approximate surface area is 102 Å². The van der Waals surface area contributed by atoms with Crippen LogP contribution in [-0.4, -0.2) is 10.9 Å². The number of benzene rings is 1. The van der Waals surface area contributed by atoms with Gasteiger partial charge in [0.2, 0.25) is 0 Å². The highest BCUT2D eigenvalue weighted by molar-refractivity contribution is 9.10. The molecule has 0 aliphatic rings. The summed E-state index contributed by atoms with van der Waals surface area (Å²) < 4.78 is 1.03. The molecule has 2 aromatic rings. The summed E-state index contributed by atoms with van der Waals surface area (Å²) in [4.78, 5) is 14.6. The molecular formula is C12H11BrN2O. The van der Waals surface area contributed by atoms with Crippen LogP contribution in [0.5, 0.6) is 0 Å². The molecule has 16 heavy (non-hydrogen) atoms. The summed E-state index contributed by atoms with van der Waals surface area (Å²) in [6.07, 6.45) is 1.72. The minimum Gasteiger partial charge on any atom is -0.357 e. The van der Waals surface area contributed by atoms with Crippen LogP contribution in [-0.2, 0) is 0 Å². The van der Waals surface area contributed by atoms with Gasteiger partial charge in [-0.15, -0.1) is 0 Å². The van der Waals surface area contributed by atoms with Crippen molar-refractivity contribution in [2.24, 2.45) is 0 Å². The smallest absolute Gasteiger partial charge is 0.272 e.